The number of hydrogen-bond acceptors (Lipinski definition) is 2. The van der Waals surface area contributed by atoms with Gasteiger partial charge >= 0.3 is 6.09 Å². The lowest BCUT2D eigenvalue weighted by Gasteiger charge is -2.23. The summed E-state index contributed by atoms with van der Waals surface area (Å²) in [5.74, 6) is 0. The van der Waals surface area contributed by atoms with Crippen LogP contribution < -0.4 is 10.6 Å². The van der Waals surface area contributed by atoms with Gasteiger partial charge in [-0.05, 0) is 28.2 Å². The van der Waals surface area contributed by atoms with Crippen LogP contribution in [0.3, 0.4) is 0 Å². The Hall–Kier alpha value is -2.33. The predicted molar refractivity (Wildman–Crippen MR) is 93.8 cm³/mol. The fourth-order valence-corrected chi connectivity index (χ4v) is 2.49. The molecule has 0 heterocycles. The second-order valence-corrected chi connectivity index (χ2v) is 6.65. The van der Waals surface area contributed by atoms with Gasteiger partial charge in [-0.2, -0.15) is 0 Å². The Labute approximate surface area is 137 Å². The van der Waals surface area contributed by atoms with E-state index in [1.54, 1.807) is 0 Å². The van der Waals surface area contributed by atoms with E-state index in [1.165, 1.54) is 5.56 Å². The maximum absolute atomic E-state index is 10.9. The number of nitrogens with one attached hydrogen (secondary N) is 2. The van der Waals surface area contributed by atoms with Crippen LogP contribution in [-0.4, -0.2) is 11.2 Å². The van der Waals surface area contributed by atoms with Gasteiger partial charge < -0.3 is 10.4 Å². The Morgan fingerprint density at radius 1 is 1.00 bits per heavy atom. The minimum absolute atomic E-state index is 0.132. The molecule has 0 aromatic heterocycles. The van der Waals surface area contributed by atoms with Gasteiger partial charge in [0.2, 0.25) is 0 Å². The molecule has 2 aromatic carbocycles. The van der Waals surface area contributed by atoms with E-state index < -0.39 is 6.09 Å². The fraction of sp³-hybridized carbons (Fsp3) is 0.316. The average Bonchev–Trinajstić information content (AvgIpc) is 2.48. The predicted octanol–water partition coefficient (Wildman–Crippen LogP) is 4.36. The molecule has 0 unspecified atom stereocenters. The summed E-state index contributed by atoms with van der Waals surface area (Å²) < 4.78 is 0. The van der Waals surface area contributed by atoms with Crippen LogP contribution in [0.25, 0.3) is 0 Å². The summed E-state index contributed by atoms with van der Waals surface area (Å²) in [6.07, 6.45) is -1.04. The van der Waals surface area contributed by atoms with Crippen molar-refractivity contribution in [3.8, 4) is 0 Å². The first-order chi connectivity index (χ1) is 10.9. The van der Waals surface area contributed by atoms with Crippen molar-refractivity contribution in [2.45, 2.75) is 39.3 Å². The van der Waals surface area contributed by atoms with Crippen molar-refractivity contribution in [2.24, 2.45) is 0 Å². The molecule has 3 N–H and O–H groups in total. The van der Waals surface area contributed by atoms with Crippen LogP contribution in [0, 0.1) is 0 Å². The Kier molecular flexibility index (Phi) is 5.40. The summed E-state index contributed by atoms with van der Waals surface area (Å²) in [6, 6.07) is 16.1. The monoisotopic (exact) mass is 312 g/mol. The van der Waals surface area contributed by atoms with Gasteiger partial charge in [-0.1, -0.05) is 63.2 Å². The minimum Gasteiger partial charge on any atom is -0.465 e. The van der Waals surface area contributed by atoms with Gasteiger partial charge in [0, 0.05) is 18.8 Å². The number of benzene rings is 2. The first-order valence-electron chi connectivity index (χ1n) is 7.74. The third-order valence-corrected chi connectivity index (χ3v) is 3.63. The Balaban J connectivity index is 2.09. The molecule has 2 aromatic rings. The molecule has 0 saturated carbocycles. The molecule has 0 spiro atoms. The summed E-state index contributed by atoms with van der Waals surface area (Å²) in [5, 5.41) is 14.9. The van der Waals surface area contributed by atoms with E-state index in [4.69, 9.17) is 5.11 Å². The Morgan fingerprint density at radius 3 is 2.26 bits per heavy atom. The van der Waals surface area contributed by atoms with Gasteiger partial charge in [-0.15, -0.1) is 0 Å². The SMILES string of the molecule is CC(C)(C)c1cc(CNCc2ccccc2)ccc1NC(=O)O. The molecule has 0 bridgehead atoms. The van der Waals surface area contributed by atoms with Gasteiger partial charge in [-0.25, -0.2) is 4.79 Å². The van der Waals surface area contributed by atoms with Crippen LogP contribution in [-0.2, 0) is 18.5 Å². The molecule has 0 saturated heterocycles. The summed E-state index contributed by atoms with van der Waals surface area (Å²) in [6.45, 7) is 7.79. The maximum Gasteiger partial charge on any atom is 0.409 e. The normalized spacial score (nSPS) is 11.3. The Morgan fingerprint density at radius 2 is 1.65 bits per heavy atom. The third kappa shape index (κ3) is 5.11. The maximum atomic E-state index is 10.9. The molecular formula is C19H24N2O2. The third-order valence-electron chi connectivity index (χ3n) is 3.63. The van der Waals surface area contributed by atoms with Crippen molar-refractivity contribution in [2.75, 3.05) is 5.32 Å². The van der Waals surface area contributed by atoms with Crippen molar-refractivity contribution in [3.63, 3.8) is 0 Å². The van der Waals surface area contributed by atoms with Crippen LogP contribution in [0.4, 0.5) is 10.5 Å². The van der Waals surface area contributed by atoms with E-state index in [0.29, 0.717) is 5.69 Å². The van der Waals surface area contributed by atoms with Crippen LogP contribution in [0.15, 0.2) is 48.5 Å². The lowest BCUT2D eigenvalue weighted by Crippen LogP contribution is -2.19. The topological polar surface area (TPSA) is 61.4 Å². The van der Waals surface area contributed by atoms with E-state index in [9.17, 15) is 4.79 Å². The number of carboxylic acid groups (broad SMARTS) is 1. The molecular weight excluding hydrogens is 288 g/mol. The molecule has 0 aliphatic rings. The molecule has 4 nitrogen and oxygen atoms in total. The number of anilines is 1. The van der Waals surface area contributed by atoms with E-state index in [-0.39, 0.29) is 5.41 Å². The highest BCUT2D eigenvalue weighted by molar-refractivity contribution is 5.84. The van der Waals surface area contributed by atoms with Crippen molar-refractivity contribution in [1.82, 2.24) is 5.32 Å². The highest BCUT2D eigenvalue weighted by atomic mass is 16.4. The quantitative estimate of drug-likeness (QED) is 0.768. The zero-order chi connectivity index (χ0) is 16.9. The molecule has 0 aliphatic carbocycles. The fourth-order valence-electron chi connectivity index (χ4n) is 2.49. The van der Waals surface area contributed by atoms with Gasteiger partial charge in [0.25, 0.3) is 0 Å². The van der Waals surface area contributed by atoms with Gasteiger partial charge in [-0.3, -0.25) is 5.32 Å². The van der Waals surface area contributed by atoms with Crippen LogP contribution >= 0.6 is 0 Å². The van der Waals surface area contributed by atoms with E-state index >= 15 is 0 Å². The lowest BCUT2D eigenvalue weighted by atomic mass is 9.84. The smallest absolute Gasteiger partial charge is 0.409 e. The molecule has 122 valence electrons. The summed E-state index contributed by atoms with van der Waals surface area (Å²) in [7, 11) is 0. The molecule has 23 heavy (non-hydrogen) atoms. The van der Waals surface area contributed by atoms with E-state index in [1.807, 2.05) is 30.3 Å². The second kappa shape index (κ2) is 7.29. The highest BCUT2D eigenvalue weighted by Crippen LogP contribution is 2.30. The van der Waals surface area contributed by atoms with Crippen molar-refractivity contribution >= 4 is 11.8 Å². The van der Waals surface area contributed by atoms with Gasteiger partial charge in [0.05, 0.1) is 0 Å². The van der Waals surface area contributed by atoms with Crippen LogP contribution in [0.5, 0.6) is 0 Å². The summed E-state index contributed by atoms with van der Waals surface area (Å²) >= 11 is 0. The zero-order valence-corrected chi connectivity index (χ0v) is 13.9. The molecule has 1 amide bonds. The van der Waals surface area contributed by atoms with E-state index in [0.717, 1.165) is 24.2 Å². The first kappa shape index (κ1) is 17.0. The lowest BCUT2D eigenvalue weighted by molar-refractivity contribution is 0.209. The van der Waals surface area contributed by atoms with Crippen molar-refractivity contribution in [1.29, 1.82) is 0 Å². The second-order valence-electron chi connectivity index (χ2n) is 6.65. The van der Waals surface area contributed by atoms with Gasteiger partial charge in [0.1, 0.15) is 0 Å². The Bertz CT molecular complexity index is 661. The number of hydrogen-bond donors (Lipinski definition) is 3. The first-order valence-corrected chi connectivity index (χ1v) is 7.74. The number of rotatable bonds is 5. The largest absolute Gasteiger partial charge is 0.465 e. The molecule has 0 aliphatic heterocycles. The zero-order valence-electron chi connectivity index (χ0n) is 13.9. The standard InChI is InChI=1S/C19H24N2O2/c1-19(2,3)16-11-15(9-10-17(16)21-18(22)23)13-20-12-14-7-5-4-6-8-14/h4-11,20-21H,12-13H2,1-3H3,(H,22,23). The molecule has 0 atom stereocenters. The van der Waals surface area contributed by atoms with Crippen LogP contribution in [0.2, 0.25) is 0 Å². The van der Waals surface area contributed by atoms with Gasteiger partial charge in [0.15, 0.2) is 0 Å². The molecule has 0 fully saturated rings. The number of carbonyl (C=O) groups is 1. The summed E-state index contributed by atoms with van der Waals surface area (Å²) in [4.78, 5) is 10.9. The van der Waals surface area contributed by atoms with Crippen molar-refractivity contribution < 1.29 is 9.90 Å². The summed E-state index contributed by atoms with van der Waals surface area (Å²) in [5.41, 5.74) is 3.90. The van der Waals surface area contributed by atoms with Crippen LogP contribution in [0.1, 0.15) is 37.5 Å². The molecule has 2 rings (SSSR count). The molecule has 4 heteroatoms. The number of amides is 1. The van der Waals surface area contributed by atoms with E-state index in [2.05, 4.69) is 49.6 Å². The highest BCUT2D eigenvalue weighted by Gasteiger charge is 2.19. The molecule has 0 radical (unpaired) electrons. The average molecular weight is 312 g/mol. The van der Waals surface area contributed by atoms with Crippen molar-refractivity contribution in [3.05, 3.63) is 65.2 Å². The minimum atomic E-state index is -1.04.